The van der Waals surface area contributed by atoms with E-state index in [4.69, 9.17) is 4.74 Å². The maximum Gasteiger partial charge on any atom is 0.0880 e. The fourth-order valence-corrected chi connectivity index (χ4v) is 3.86. The molecule has 1 heterocycles. The topological polar surface area (TPSA) is 53.2 Å². The molecule has 1 saturated heterocycles. The molecule has 0 bridgehead atoms. The molecule has 2 rings (SSSR count). The van der Waals surface area contributed by atoms with Crippen molar-refractivity contribution in [3.63, 3.8) is 0 Å². The second-order valence-corrected chi connectivity index (χ2v) is 6.85. The third-order valence-corrected chi connectivity index (χ3v) is 5.43. The zero-order chi connectivity index (χ0) is 14.1. The molecule has 0 amide bonds. The first-order valence-corrected chi connectivity index (χ1v) is 7.71. The Morgan fingerprint density at radius 3 is 2.63 bits per heavy atom. The minimum atomic E-state index is -0.848. The summed E-state index contributed by atoms with van der Waals surface area (Å²) in [4.78, 5) is 0. The summed E-state index contributed by atoms with van der Waals surface area (Å²) < 4.78 is 5.77. The third-order valence-electron chi connectivity index (χ3n) is 5.43. The molecule has 0 radical (unpaired) electrons. The second-order valence-electron chi connectivity index (χ2n) is 6.85. The van der Waals surface area contributed by atoms with Crippen LogP contribution in [0.2, 0.25) is 0 Å². The van der Waals surface area contributed by atoms with E-state index in [1.807, 2.05) is 0 Å². The summed E-state index contributed by atoms with van der Waals surface area (Å²) in [5, 5.41) is 20.9. The zero-order valence-corrected chi connectivity index (χ0v) is 12.5. The van der Waals surface area contributed by atoms with Crippen molar-refractivity contribution in [1.29, 1.82) is 5.26 Å². The van der Waals surface area contributed by atoms with E-state index in [1.54, 1.807) is 0 Å². The van der Waals surface area contributed by atoms with Gasteiger partial charge in [0.15, 0.2) is 0 Å². The van der Waals surface area contributed by atoms with Crippen LogP contribution in [-0.2, 0) is 4.74 Å². The standard InChI is InChI=1S/C16H27NO2/c1-4-13-5-6-15(9-13,11-17)16(18)7-8-19-14(10-16)12(2)3/h12-14,18H,4-10H2,1-3H3. The largest absolute Gasteiger partial charge is 0.388 e. The molecule has 1 aliphatic carbocycles. The molecular weight excluding hydrogens is 238 g/mol. The summed E-state index contributed by atoms with van der Waals surface area (Å²) in [6.07, 6.45) is 5.23. The fraction of sp³-hybridized carbons (Fsp3) is 0.938. The lowest BCUT2D eigenvalue weighted by Gasteiger charge is -2.46. The van der Waals surface area contributed by atoms with Crippen molar-refractivity contribution >= 4 is 0 Å². The van der Waals surface area contributed by atoms with E-state index < -0.39 is 11.0 Å². The van der Waals surface area contributed by atoms with Crippen molar-refractivity contribution in [3.05, 3.63) is 0 Å². The van der Waals surface area contributed by atoms with Gasteiger partial charge in [0.05, 0.1) is 23.2 Å². The first kappa shape index (κ1) is 14.8. The van der Waals surface area contributed by atoms with Crippen LogP contribution in [0.4, 0.5) is 0 Å². The molecule has 0 aromatic carbocycles. The molecule has 2 fully saturated rings. The Balaban J connectivity index is 2.20. The number of nitriles is 1. The molecule has 4 atom stereocenters. The number of nitrogens with zero attached hydrogens (tertiary/aromatic N) is 1. The van der Waals surface area contributed by atoms with E-state index in [0.717, 1.165) is 25.7 Å². The van der Waals surface area contributed by atoms with E-state index in [-0.39, 0.29) is 6.10 Å². The van der Waals surface area contributed by atoms with Gasteiger partial charge in [-0.2, -0.15) is 5.26 Å². The highest BCUT2D eigenvalue weighted by molar-refractivity contribution is 5.16. The molecule has 1 saturated carbocycles. The summed E-state index contributed by atoms with van der Waals surface area (Å²) in [6.45, 7) is 7.01. The van der Waals surface area contributed by atoms with Crippen LogP contribution in [0.5, 0.6) is 0 Å². The van der Waals surface area contributed by atoms with E-state index in [2.05, 4.69) is 26.8 Å². The molecule has 0 spiro atoms. The highest BCUT2D eigenvalue weighted by atomic mass is 16.5. The van der Waals surface area contributed by atoms with Gasteiger partial charge in [0.1, 0.15) is 0 Å². The predicted molar refractivity (Wildman–Crippen MR) is 74.4 cm³/mol. The first-order chi connectivity index (χ1) is 8.96. The number of hydrogen-bond donors (Lipinski definition) is 1. The number of rotatable bonds is 3. The van der Waals surface area contributed by atoms with E-state index in [0.29, 0.717) is 31.3 Å². The molecule has 1 aliphatic heterocycles. The number of hydrogen-bond acceptors (Lipinski definition) is 3. The van der Waals surface area contributed by atoms with Gasteiger partial charge in [-0.05, 0) is 31.1 Å². The molecule has 3 nitrogen and oxygen atoms in total. The van der Waals surface area contributed by atoms with Crippen LogP contribution in [0.15, 0.2) is 0 Å². The van der Waals surface area contributed by atoms with Crippen molar-refractivity contribution < 1.29 is 9.84 Å². The average molecular weight is 265 g/mol. The molecular formula is C16H27NO2. The molecule has 3 heteroatoms. The third kappa shape index (κ3) is 2.53. The van der Waals surface area contributed by atoms with E-state index in [1.165, 1.54) is 0 Å². The SMILES string of the molecule is CCC1CCC(C#N)(C2(O)CCOC(C(C)C)C2)C1. The smallest absolute Gasteiger partial charge is 0.0880 e. The van der Waals surface area contributed by atoms with Gasteiger partial charge in [-0.15, -0.1) is 0 Å². The highest BCUT2D eigenvalue weighted by Crippen LogP contribution is 2.54. The van der Waals surface area contributed by atoms with Gasteiger partial charge >= 0.3 is 0 Å². The second kappa shape index (κ2) is 5.42. The molecule has 0 aromatic rings. The fourth-order valence-electron chi connectivity index (χ4n) is 3.86. The number of ether oxygens (including phenoxy) is 1. The lowest BCUT2D eigenvalue weighted by atomic mass is 9.65. The van der Waals surface area contributed by atoms with Gasteiger partial charge in [0.25, 0.3) is 0 Å². The van der Waals surface area contributed by atoms with Crippen LogP contribution in [-0.4, -0.2) is 23.4 Å². The Labute approximate surface area is 117 Å². The first-order valence-electron chi connectivity index (χ1n) is 7.71. The molecule has 4 unspecified atom stereocenters. The summed E-state index contributed by atoms with van der Waals surface area (Å²) in [5.41, 5.74) is -1.39. The van der Waals surface area contributed by atoms with Crippen LogP contribution in [0.25, 0.3) is 0 Å². The van der Waals surface area contributed by atoms with E-state index in [9.17, 15) is 10.4 Å². The van der Waals surface area contributed by atoms with Crippen LogP contribution >= 0.6 is 0 Å². The zero-order valence-electron chi connectivity index (χ0n) is 12.5. The van der Waals surface area contributed by atoms with Crippen LogP contribution < -0.4 is 0 Å². The lowest BCUT2D eigenvalue weighted by molar-refractivity contribution is -0.160. The van der Waals surface area contributed by atoms with Gasteiger partial charge in [-0.25, -0.2) is 0 Å². The Kier molecular flexibility index (Phi) is 4.23. The van der Waals surface area contributed by atoms with Crippen molar-refractivity contribution in [2.24, 2.45) is 17.3 Å². The Hall–Kier alpha value is -0.590. The Morgan fingerprint density at radius 2 is 2.11 bits per heavy atom. The summed E-state index contributed by atoms with van der Waals surface area (Å²) in [6, 6.07) is 2.51. The summed E-state index contributed by atoms with van der Waals surface area (Å²) in [5.74, 6) is 0.995. The van der Waals surface area contributed by atoms with Gasteiger partial charge in [-0.3, -0.25) is 0 Å². The van der Waals surface area contributed by atoms with Gasteiger partial charge in [-0.1, -0.05) is 27.2 Å². The van der Waals surface area contributed by atoms with Crippen molar-refractivity contribution in [2.75, 3.05) is 6.61 Å². The van der Waals surface area contributed by atoms with E-state index >= 15 is 0 Å². The summed E-state index contributed by atoms with van der Waals surface area (Å²) >= 11 is 0. The van der Waals surface area contributed by atoms with Gasteiger partial charge in [0, 0.05) is 19.4 Å². The molecule has 108 valence electrons. The minimum Gasteiger partial charge on any atom is -0.388 e. The lowest BCUT2D eigenvalue weighted by Crippen LogP contribution is -2.53. The van der Waals surface area contributed by atoms with Crippen molar-refractivity contribution in [1.82, 2.24) is 0 Å². The van der Waals surface area contributed by atoms with Crippen molar-refractivity contribution in [3.8, 4) is 6.07 Å². The molecule has 2 aliphatic rings. The average Bonchev–Trinajstić information content (AvgIpc) is 2.84. The van der Waals surface area contributed by atoms with Crippen LogP contribution in [0.3, 0.4) is 0 Å². The quantitative estimate of drug-likeness (QED) is 0.852. The van der Waals surface area contributed by atoms with Crippen LogP contribution in [0.1, 0.15) is 59.3 Å². The molecule has 19 heavy (non-hydrogen) atoms. The maximum atomic E-state index is 11.2. The summed E-state index contributed by atoms with van der Waals surface area (Å²) in [7, 11) is 0. The monoisotopic (exact) mass is 265 g/mol. The normalized spacial score (nSPS) is 43.4. The van der Waals surface area contributed by atoms with Crippen molar-refractivity contribution in [2.45, 2.75) is 71.0 Å². The van der Waals surface area contributed by atoms with Gasteiger partial charge in [0.2, 0.25) is 0 Å². The highest BCUT2D eigenvalue weighted by Gasteiger charge is 2.56. The Morgan fingerprint density at radius 1 is 1.37 bits per heavy atom. The minimum absolute atomic E-state index is 0.0876. The number of aliphatic hydroxyl groups is 1. The molecule has 1 N–H and O–H groups in total. The molecule has 0 aromatic heterocycles. The predicted octanol–water partition coefficient (Wildman–Crippen LogP) is 3.27. The van der Waals surface area contributed by atoms with Crippen LogP contribution in [0, 0.1) is 28.6 Å². The Bertz CT molecular complexity index is 362. The van der Waals surface area contributed by atoms with Gasteiger partial charge < -0.3 is 9.84 Å². The maximum absolute atomic E-state index is 11.2.